The van der Waals surface area contributed by atoms with Gasteiger partial charge in [-0.05, 0) is 56.1 Å². The monoisotopic (exact) mass is 260 g/mol. The molecule has 0 amide bonds. The van der Waals surface area contributed by atoms with Crippen LogP contribution >= 0.6 is 0 Å². The lowest BCUT2D eigenvalue weighted by atomic mass is 10.00. The van der Waals surface area contributed by atoms with E-state index in [1.54, 1.807) is 6.08 Å². The summed E-state index contributed by atoms with van der Waals surface area (Å²) in [5, 5.41) is 0. The van der Waals surface area contributed by atoms with Crippen LogP contribution in [0.3, 0.4) is 0 Å². The summed E-state index contributed by atoms with van der Waals surface area (Å²) in [5.74, 6) is -0.174. The minimum Gasteiger partial charge on any atom is -0.207 e. The van der Waals surface area contributed by atoms with Crippen molar-refractivity contribution in [2.75, 3.05) is 0 Å². The molecule has 0 aromatic carbocycles. The van der Waals surface area contributed by atoms with Gasteiger partial charge in [-0.1, -0.05) is 50.3 Å². The van der Waals surface area contributed by atoms with Crippen molar-refractivity contribution in [1.82, 2.24) is 0 Å². The Balaban J connectivity index is 0.00000154. The molecule has 104 valence electrons. The smallest absolute Gasteiger partial charge is 0.119 e. The van der Waals surface area contributed by atoms with E-state index in [0.717, 1.165) is 22.3 Å². The second kappa shape index (κ2) is 9.32. The van der Waals surface area contributed by atoms with Crippen LogP contribution in [0.2, 0.25) is 0 Å². The van der Waals surface area contributed by atoms with Crippen LogP contribution in [0.1, 0.15) is 41.0 Å². The van der Waals surface area contributed by atoms with Gasteiger partial charge in [0, 0.05) is 0 Å². The van der Waals surface area contributed by atoms with Gasteiger partial charge in [0.05, 0.1) is 0 Å². The van der Waals surface area contributed by atoms with Gasteiger partial charge in [0.25, 0.3) is 0 Å². The highest BCUT2D eigenvalue weighted by Gasteiger charge is 2.02. The predicted octanol–water partition coefficient (Wildman–Crippen LogP) is 6.22. The molecule has 1 rings (SSSR count). The third kappa shape index (κ3) is 6.19. The number of allylic oxidation sites excluding steroid dienone is 11. The molecule has 0 aromatic heterocycles. The molecule has 0 saturated heterocycles. The molecule has 1 aliphatic carbocycles. The minimum atomic E-state index is -0.174. The number of rotatable bonds is 3. The molecule has 0 atom stereocenters. The molecule has 0 N–H and O–H groups in total. The van der Waals surface area contributed by atoms with E-state index in [2.05, 4.69) is 12.7 Å². The Morgan fingerprint density at radius 3 is 2.37 bits per heavy atom. The van der Waals surface area contributed by atoms with E-state index in [-0.39, 0.29) is 5.83 Å². The highest BCUT2D eigenvalue weighted by Crippen LogP contribution is 2.21. The minimum absolute atomic E-state index is 0.174. The molecule has 0 spiro atoms. The summed E-state index contributed by atoms with van der Waals surface area (Å²) in [4.78, 5) is 0. The molecule has 1 aliphatic rings. The second-order valence-electron chi connectivity index (χ2n) is 4.17. The molecular weight excluding hydrogens is 235 g/mol. The highest BCUT2D eigenvalue weighted by molar-refractivity contribution is 5.51. The van der Waals surface area contributed by atoms with Crippen LogP contribution in [-0.2, 0) is 0 Å². The third-order valence-electron chi connectivity index (χ3n) is 2.76. The molecular formula is C18H25F. The zero-order valence-corrected chi connectivity index (χ0v) is 12.8. The number of hydrogen-bond donors (Lipinski definition) is 0. The Kier molecular flexibility index (Phi) is 8.52. The largest absolute Gasteiger partial charge is 0.207 e. The normalized spacial score (nSPS) is 15.9. The Labute approximate surface area is 117 Å². The summed E-state index contributed by atoms with van der Waals surface area (Å²) in [6, 6.07) is 0. The van der Waals surface area contributed by atoms with Gasteiger partial charge in [0.1, 0.15) is 5.83 Å². The summed E-state index contributed by atoms with van der Waals surface area (Å²) in [5.41, 5.74) is 4.35. The zero-order valence-electron chi connectivity index (χ0n) is 12.8. The summed E-state index contributed by atoms with van der Waals surface area (Å²) < 4.78 is 13.1. The van der Waals surface area contributed by atoms with E-state index in [1.807, 2.05) is 52.8 Å². The Bertz CT molecular complexity index is 454. The molecule has 0 bridgehead atoms. The van der Waals surface area contributed by atoms with E-state index in [9.17, 15) is 4.39 Å². The average Bonchev–Trinajstić information content (AvgIpc) is 2.62. The van der Waals surface area contributed by atoms with Crippen molar-refractivity contribution in [2.45, 2.75) is 41.0 Å². The van der Waals surface area contributed by atoms with Gasteiger partial charge in [0.15, 0.2) is 0 Å². The molecule has 19 heavy (non-hydrogen) atoms. The predicted molar refractivity (Wildman–Crippen MR) is 84.7 cm³/mol. The van der Waals surface area contributed by atoms with Crippen molar-refractivity contribution < 1.29 is 4.39 Å². The fourth-order valence-electron chi connectivity index (χ4n) is 1.51. The van der Waals surface area contributed by atoms with Crippen molar-refractivity contribution in [3.8, 4) is 0 Å². The molecule has 0 fully saturated rings. The molecule has 0 heterocycles. The van der Waals surface area contributed by atoms with E-state index in [1.165, 1.54) is 6.08 Å². The molecule has 0 nitrogen and oxygen atoms in total. The Morgan fingerprint density at radius 1 is 1.21 bits per heavy atom. The lowest BCUT2D eigenvalue weighted by molar-refractivity contribution is 0.663. The topological polar surface area (TPSA) is 0 Å². The van der Waals surface area contributed by atoms with Gasteiger partial charge in [0.2, 0.25) is 0 Å². The molecule has 0 aliphatic heterocycles. The van der Waals surface area contributed by atoms with Gasteiger partial charge in [-0.25, -0.2) is 4.39 Å². The first-order valence-electron chi connectivity index (χ1n) is 6.79. The van der Waals surface area contributed by atoms with Crippen molar-refractivity contribution in [3.63, 3.8) is 0 Å². The standard InChI is InChI=1S/C16H19F.C2H6/c1-5-14(11-13(4)12(2)3)15-7-6-8-16(17)10-9-15;1-2/h5,7-11H,2,6H2,1,3-4H3;1-2H3/b13-11-,14-5+;. The van der Waals surface area contributed by atoms with Gasteiger partial charge in [-0.3, -0.25) is 0 Å². The number of halogens is 1. The van der Waals surface area contributed by atoms with Crippen molar-refractivity contribution in [1.29, 1.82) is 0 Å². The maximum Gasteiger partial charge on any atom is 0.119 e. The Morgan fingerprint density at radius 2 is 1.84 bits per heavy atom. The molecule has 0 aromatic rings. The summed E-state index contributed by atoms with van der Waals surface area (Å²) >= 11 is 0. The highest BCUT2D eigenvalue weighted by atomic mass is 19.1. The Hall–Kier alpha value is -1.63. The molecule has 0 unspecified atom stereocenters. The van der Waals surface area contributed by atoms with E-state index in [4.69, 9.17) is 0 Å². The lowest BCUT2D eigenvalue weighted by Crippen LogP contribution is -1.86. The van der Waals surface area contributed by atoms with Gasteiger partial charge >= 0.3 is 0 Å². The first-order chi connectivity index (χ1) is 9.04. The maximum absolute atomic E-state index is 13.1. The molecule has 0 saturated carbocycles. The van der Waals surface area contributed by atoms with Crippen LogP contribution in [0, 0.1) is 0 Å². The quantitative estimate of drug-likeness (QED) is 0.528. The van der Waals surface area contributed by atoms with Crippen molar-refractivity contribution in [3.05, 3.63) is 71.2 Å². The molecule has 1 heteroatoms. The summed E-state index contributed by atoms with van der Waals surface area (Å²) in [7, 11) is 0. The summed E-state index contributed by atoms with van der Waals surface area (Å²) in [6.07, 6.45) is 11.7. The lowest BCUT2D eigenvalue weighted by Gasteiger charge is -2.05. The van der Waals surface area contributed by atoms with Crippen LogP contribution in [-0.4, -0.2) is 0 Å². The van der Waals surface area contributed by atoms with Crippen LogP contribution in [0.5, 0.6) is 0 Å². The summed E-state index contributed by atoms with van der Waals surface area (Å²) in [6.45, 7) is 13.9. The average molecular weight is 260 g/mol. The van der Waals surface area contributed by atoms with Crippen LogP contribution in [0.15, 0.2) is 71.2 Å². The third-order valence-corrected chi connectivity index (χ3v) is 2.76. The first-order valence-corrected chi connectivity index (χ1v) is 6.79. The van der Waals surface area contributed by atoms with Crippen LogP contribution in [0.4, 0.5) is 4.39 Å². The molecule has 0 radical (unpaired) electrons. The zero-order chi connectivity index (χ0) is 14.8. The van der Waals surface area contributed by atoms with Gasteiger partial charge < -0.3 is 0 Å². The van der Waals surface area contributed by atoms with Gasteiger partial charge in [-0.2, -0.15) is 0 Å². The maximum atomic E-state index is 13.1. The van der Waals surface area contributed by atoms with Crippen LogP contribution in [0.25, 0.3) is 0 Å². The first kappa shape index (κ1) is 17.4. The second-order valence-corrected chi connectivity index (χ2v) is 4.17. The van der Waals surface area contributed by atoms with Crippen LogP contribution < -0.4 is 0 Å². The fourth-order valence-corrected chi connectivity index (χ4v) is 1.51. The van der Waals surface area contributed by atoms with E-state index < -0.39 is 0 Å². The van der Waals surface area contributed by atoms with Crippen molar-refractivity contribution >= 4 is 0 Å². The number of hydrogen-bond acceptors (Lipinski definition) is 0. The van der Waals surface area contributed by atoms with E-state index in [0.29, 0.717) is 6.42 Å². The van der Waals surface area contributed by atoms with Crippen molar-refractivity contribution in [2.24, 2.45) is 0 Å². The SMILES string of the molecule is C=C(C)/C(C)=C\C(=C/C)C1=CCC=C(F)C=C1.CC. The van der Waals surface area contributed by atoms with Gasteiger partial charge in [-0.15, -0.1) is 0 Å². The van der Waals surface area contributed by atoms with E-state index >= 15 is 0 Å². The fraction of sp³-hybridized carbons (Fsp3) is 0.333.